The first-order valence-electron chi connectivity index (χ1n) is 13.5. The van der Waals surface area contributed by atoms with Gasteiger partial charge in [0.15, 0.2) is 0 Å². The number of anilines is 2. The van der Waals surface area contributed by atoms with E-state index in [2.05, 4.69) is 20.9 Å². The number of likely N-dealkylation sites (tertiary alicyclic amines) is 1. The van der Waals surface area contributed by atoms with Crippen LogP contribution in [-0.2, 0) is 21.5 Å². The van der Waals surface area contributed by atoms with Crippen LogP contribution in [0.25, 0.3) is 10.9 Å². The van der Waals surface area contributed by atoms with Gasteiger partial charge < -0.3 is 25.3 Å². The van der Waals surface area contributed by atoms with E-state index in [0.29, 0.717) is 41.3 Å². The van der Waals surface area contributed by atoms with Crippen molar-refractivity contribution < 1.29 is 19.1 Å². The monoisotopic (exact) mass is 537 g/mol. The van der Waals surface area contributed by atoms with E-state index in [1.165, 1.54) is 7.11 Å². The number of fused-ring (bicyclic) bond motifs is 3. The summed E-state index contributed by atoms with van der Waals surface area (Å²) in [5, 5.41) is 10.1. The second-order valence-corrected chi connectivity index (χ2v) is 10.1. The van der Waals surface area contributed by atoms with Gasteiger partial charge in [-0.2, -0.15) is 0 Å². The molecule has 1 aromatic heterocycles. The number of carbonyl (C=O) groups excluding carboxylic acids is 3. The number of nitrogens with zero attached hydrogens (tertiary/aromatic N) is 1. The van der Waals surface area contributed by atoms with Crippen LogP contribution in [0.2, 0.25) is 0 Å². The third-order valence-corrected chi connectivity index (χ3v) is 7.75. The van der Waals surface area contributed by atoms with Crippen molar-refractivity contribution in [1.29, 1.82) is 0 Å². The molecule has 3 amide bonds. The van der Waals surface area contributed by atoms with E-state index in [9.17, 15) is 14.4 Å². The number of ether oxygens (including phenoxy) is 1. The van der Waals surface area contributed by atoms with Gasteiger partial charge in [0.25, 0.3) is 17.7 Å². The third kappa shape index (κ3) is 4.38. The van der Waals surface area contributed by atoms with Crippen molar-refractivity contribution in [2.45, 2.75) is 24.8 Å². The molecule has 2 aliphatic rings. The van der Waals surface area contributed by atoms with E-state index in [1.54, 1.807) is 42.5 Å². The number of aromatic nitrogens is 1. The van der Waals surface area contributed by atoms with Crippen LogP contribution in [0, 0.1) is 0 Å². The lowest BCUT2D eigenvalue weighted by molar-refractivity contribution is -0.134. The van der Waals surface area contributed by atoms with Crippen LogP contribution >= 0.6 is 0 Å². The zero-order valence-corrected chi connectivity index (χ0v) is 22.3. The highest BCUT2D eigenvalue weighted by Crippen LogP contribution is 2.36. The average molecular weight is 538 g/mol. The molecule has 204 valence electrons. The number of rotatable bonds is 6. The zero-order valence-electron chi connectivity index (χ0n) is 22.3. The average Bonchev–Trinajstić information content (AvgIpc) is 3.66. The Hall–Kier alpha value is -4.63. The maximum absolute atomic E-state index is 14.3. The molecule has 4 aromatic rings. The lowest BCUT2D eigenvalue weighted by atomic mass is 9.84. The summed E-state index contributed by atoms with van der Waals surface area (Å²) >= 11 is 0. The maximum atomic E-state index is 14.3. The van der Waals surface area contributed by atoms with E-state index in [1.807, 2.05) is 35.2 Å². The Morgan fingerprint density at radius 2 is 1.65 bits per heavy atom. The molecule has 1 atom stereocenters. The molecule has 1 unspecified atom stereocenters. The van der Waals surface area contributed by atoms with Crippen molar-refractivity contribution in [3.63, 3.8) is 0 Å². The highest BCUT2D eigenvalue weighted by molar-refractivity contribution is 6.20. The molecule has 0 saturated carbocycles. The van der Waals surface area contributed by atoms with Gasteiger partial charge in [0.2, 0.25) is 5.54 Å². The Kier molecular flexibility index (Phi) is 6.73. The second kappa shape index (κ2) is 10.5. The molecule has 3 heterocycles. The number of hydrogen-bond donors (Lipinski definition) is 4. The summed E-state index contributed by atoms with van der Waals surface area (Å²) in [5.74, 6) is -0.692. The van der Waals surface area contributed by atoms with Crippen LogP contribution in [0.4, 0.5) is 11.4 Å². The summed E-state index contributed by atoms with van der Waals surface area (Å²) in [7, 11) is 1.53. The van der Waals surface area contributed by atoms with Gasteiger partial charge in [-0.1, -0.05) is 36.4 Å². The van der Waals surface area contributed by atoms with Gasteiger partial charge >= 0.3 is 0 Å². The standard InChI is InChI=1S/C31H31N5O4/c1-40-26-14-5-4-13-25(26)35-30(39)31(27-23(15-16-32-31)22-11-2-3-12-24(22)34-27)29(38)33-21-10-8-9-20(19-21)28(37)36-17-6-7-18-36/h2-5,8-14,19,32,34H,6-7,15-18H2,1H3,(H,33,38)(H,35,39). The predicted molar refractivity (Wildman–Crippen MR) is 154 cm³/mol. The lowest BCUT2D eigenvalue weighted by Crippen LogP contribution is -2.62. The molecular weight excluding hydrogens is 506 g/mol. The SMILES string of the molecule is COc1ccccc1NC(=O)C1(C(=O)Nc2cccc(C(=O)N3CCCC3)c2)NCCc2c1[nH]c1ccccc21. The van der Waals surface area contributed by atoms with Crippen LogP contribution in [0.1, 0.15) is 34.5 Å². The van der Waals surface area contributed by atoms with Crippen LogP contribution in [0.15, 0.2) is 72.8 Å². The lowest BCUT2D eigenvalue weighted by Gasteiger charge is -2.35. The molecule has 4 N–H and O–H groups in total. The first-order chi connectivity index (χ1) is 19.5. The summed E-state index contributed by atoms with van der Waals surface area (Å²) in [6, 6.07) is 21.7. The summed E-state index contributed by atoms with van der Waals surface area (Å²) in [6.45, 7) is 1.87. The molecule has 2 aliphatic heterocycles. The molecule has 9 nitrogen and oxygen atoms in total. The highest BCUT2D eigenvalue weighted by Gasteiger charge is 2.52. The molecule has 0 aliphatic carbocycles. The van der Waals surface area contributed by atoms with E-state index >= 15 is 0 Å². The number of nitrogens with one attached hydrogen (secondary N) is 4. The largest absolute Gasteiger partial charge is 0.495 e. The Labute approximate surface area is 231 Å². The van der Waals surface area contributed by atoms with Gasteiger partial charge in [-0.3, -0.25) is 19.7 Å². The fourth-order valence-corrected chi connectivity index (χ4v) is 5.76. The quantitative estimate of drug-likeness (QED) is 0.277. The van der Waals surface area contributed by atoms with E-state index < -0.39 is 17.4 Å². The molecular formula is C31H31N5O4. The van der Waals surface area contributed by atoms with Gasteiger partial charge in [0.1, 0.15) is 5.75 Å². The van der Waals surface area contributed by atoms with Gasteiger partial charge in [-0.25, -0.2) is 0 Å². The normalized spacial score (nSPS) is 18.3. The molecule has 1 saturated heterocycles. The Morgan fingerprint density at radius 1 is 0.900 bits per heavy atom. The van der Waals surface area contributed by atoms with Gasteiger partial charge in [0.05, 0.1) is 18.5 Å². The van der Waals surface area contributed by atoms with Gasteiger partial charge in [0, 0.05) is 41.8 Å². The summed E-state index contributed by atoms with van der Waals surface area (Å²) in [4.78, 5) is 46.7. The molecule has 9 heteroatoms. The van der Waals surface area contributed by atoms with Crippen molar-refractivity contribution in [3.8, 4) is 5.75 Å². The molecule has 1 fully saturated rings. The van der Waals surface area contributed by atoms with E-state index in [0.717, 1.165) is 42.4 Å². The van der Waals surface area contributed by atoms with Crippen molar-refractivity contribution in [3.05, 3.63) is 89.6 Å². The number of H-pyrrole nitrogens is 1. The number of hydrogen-bond acceptors (Lipinski definition) is 5. The number of benzene rings is 3. The zero-order chi connectivity index (χ0) is 27.7. The number of carbonyl (C=O) groups is 3. The van der Waals surface area contributed by atoms with Crippen LogP contribution in [0.5, 0.6) is 5.75 Å². The first-order valence-corrected chi connectivity index (χ1v) is 13.5. The van der Waals surface area contributed by atoms with Crippen molar-refractivity contribution >= 4 is 40.0 Å². The fraction of sp³-hybridized carbons (Fsp3) is 0.258. The smallest absolute Gasteiger partial charge is 0.260 e. The van der Waals surface area contributed by atoms with Crippen molar-refractivity contribution in [1.82, 2.24) is 15.2 Å². The van der Waals surface area contributed by atoms with Crippen molar-refractivity contribution in [2.75, 3.05) is 37.4 Å². The minimum atomic E-state index is -1.78. The Balaban J connectivity index is 1.40. The minimum absolute atomic E-state index is 0.0640. The topological polar surface area (TPSA) is 116 Å². The second-order valence-electron chi connectivity index (χ2n) is 10.1. The number of para-hydroxylation sites is 3. The fourth-order valence-electron chi connectivity index (χ4n) is 5.76. The number of aromatic amines is 1. The molecule has 6 rings (SSSR count). The summed E-state index contributed by atoms with van der Waals surface area (Å²) < 4.78 is 5.44. The summed E-state index contributed by atoms with van der Waals surface area (Å²) in [5.41, 5.74) is 1.86. The summed E-state index contributed by atoms with van der Waals surface area (Å²) in [6.07, 6.45) is 2.63. The predicted octanol–water partition coefficient (Wildman–Crippen LogP) is 4.03. The molecule has 0 radical (unpaired) electrons. The molecule has 40 heavy (non-hydrogen) atoms. The van der Waals surface area contributed by atoms with Gasteiger partial charge in [-0.15, -0.1) is 0 Å². The Bertz CT molecular complexity index is 1610. The maximum Gasteiger partial charge on any atom is 0.260 e. The highest BCUT2D eigenvalue weighted by atomic mass is 16.5. The van der Waals surface area contributed by atoms with Crippen LogP contribution in [-0.4, -0.2) is 54.3 Å². The van der Waals surface area contributed by atoms with Gasteiger partial charge in [-0.05, 0) is 61.2 Å². The Morgan fingerprint density at radius 3 is 2.48 bits per heavy atom. The minimum Gasteiger partial charge on any atom is -0.495 e. The first kappa shape index (κ1) is 25.6. The van der Waals surface area contributed by atoms with E-state index in [-0.39, 0.29) is 5.91 Å². The van der Waals surface area contributed by atoms with Crippen molar-refractivity contribution in [2.24, 2.45) is 0 Å². The number of methoxy groups -OCH3 is 1. The number of amides is 3. The molecule has 0 bridgehead atoms. The molecule has 3 aromatic carbocycles. The third-order valence-electron chi connectivity index (χ3n) is 7.75. The van der Waals surface area contributed by atoms with E-state index in [4.69, 9.17) is 4.74 Å². The van der Waals surface area contributed by atoms with Crippen LogP contribution in [0.3, 0.4) is 0 Å². The van der Waals surface area contributed by atoms with Crippen LogP contribution < -0.4 is 20.7 Å². The molecule has 0 spiro atoms.